The van der Waals surface area contributed by atoms with Crippen LogP contribution in [0.25, 0.3) is 20.7 Å². The lowest BCUT2D eigenvalue weighted by Crippen LogP contribution is -2.43. The van der Waals surface area contributed by atoms with Crippen molar-refractivity contribution in [3.63, 3.8) is 0 Å². The van der Waals surface area contributed by atoms with Gasteiger partial charge in [0.15, 0.2) is 0 Å². The fourth-order valence-corrected chi connectivity index (χ4v) is 5.29. The van der Waals surface area contributed by atoms with Crippen LogP contribution in [0.5, 0.6) is 0 Å². The molecule has 2 aromatic heterocycles. The smallest absolute Gasteiger partial charge is 0.271 e. The maximum absolute atomic E-state index is 13.2. The van der Waals surface area contributed by atoms with E-state index in [1.807, 2.05) is 30.3 Å². The summed E-state index contributed by atoms with van der Waals surface area (Å²) in [5.41, 5.74) is 4.19. The van der Waals surface area contributed by atoms with Gasteiger partial charge < -0.3 is 4.90 Å². The zero-order chi connectivity index (χ0) is 22.1. The van der Waals surface area contributed by atoms with E-state index in [0.29, 0.717) is 16.3 Å². The van der Waals surface area contributed by atoms with Crippen molar-refractivity contribution in [3.8, 4) is 10.4 Å². The van der Waals surface area contributed by atoms with Crippen molar-refractivity contribution in [3.05, 3.63) is 87.4 Å². The summed E-state index contributed by atoms with van der Waals surface area (Å²) in [6, 6.07) is 18.2. The number of nitrogens with zero attached hydrogens (tertiary/aromatic N) is 4. The summed E-state index contributed by atoms with van der Waals surface area (Å²) in [5, 5.41) is 0.699. The van der Waals surface area contributed by atoms with Crippen LogP contribution in [-0.4, -0.2) is 52.6 Å². The van der Waals surface area contributed by atoms with Gasteiger partial charge in [0.1, 0.15) is 4.70 Å². The summed E-state index contributed by atoms with van der Waals surface area (Å²) < 4.78 is 2.39. The Bertz CT molecular complexity index is 1290. The Balaban J connectivity index is 1.36. The minimum absolute atomic E-state index is 0.00434. The van der Waals surface area contributed by atoms with Crippen LogP contribution in [0.2, 0.25) is 5.02 Å². The molecule has 1 fully saturated rings. The first kappa shape index (κ1) is 21.3. The minimum atomic E-state index is 0.00434. The second kappa shape index (κ2) is 9.16. The van der Waals surface area contributed by atoms with E-state index < -0.39 is 0 Å². The van der Waals surface area contributed by atoms with E-state index in [2.05, 4.69) is 46.1 Å². The Labute approximate surface area is 196 Å². The molecule has 0 N–H and O–H groups in total. The molecule has 1 aliphatic rings. The molecule has 1 aliphatic heterocycles. The van der Waals surface area contributed by atoms with Crippen LogP contribution in [-0.2, 0) is 13.1 Å². The summed E-state index contributed by atoms with van der Waals surface area (Å²) >= 11 is 7.49. The number of hydrogen-bond acceptors (Lipinski definition) is 5. The molecule has 0 unspecified atom stereocenters. The van der Waals surface area contributed by atoms with Gasteiger partial charge >= 0.3 is 0 Å². The van der Waals surface area contributed by atoms with Crippen LogP contribution >= 0.6 is 22.9 Å². The van der Waals surface area contributed by atoms with E-state index in [0.717, 1.165) is 54.2 Å². The van der Waals surface area contributed by atoms with Crippen molar-refractivity contribution < 1.29 is 0 Å². The number of fused-ring (bicyclic) bond motifs is 1. The largest absolute Gasteiger partial charge is 0.304 e. The predicted molar refractivity (Wildman–Crippen MR) is 133 cm³/mol. The van der Waals surface area contributed by atoms with Gasteiger partial charge in [0.05, 0.1) is 18.4 Å². The third-order valence-electron chi connectivity index (χ3n) is 5.98. The molecule has 1 saturated heterocycles. The molecule has 0 radical (unpaired) electrons. The first-order chi connectivity index (χ1) is 15.5. The highest BCUT2D eigenvalue weighted by Crippen LogP contribution is 2.31. The number of benzene rings is 2. The Hall–Kier alpha value is -2.51. The summed E-state index contributed by atoms with van der Waals surface area (Å²) in [6.45, 7) is 5.87. The van der Waals surface area contributed by atoms with Crippen molar-refractivity contribution in [2.75, 3.05) is 33.2 Å². The van der Waals surface area contributed by atoms with Gasteiger partial charge in [-0.1, -0.05) is 48.0 Å². The molecule has 7 heteroatoms. The first-order valence-electron chi connectivity index (χ1n) is 10.8. The van der Waals surface area contributed by atoms with Crippen LogP contribution in [0.3, 0.4) is 0 Å². The van der Waals surface area contributed by atoms with E-state index >= 15 is 0 Å². The monoisotopic (exact) mass is 464 g/mol. The third-order valence-corrected chi connectivity index (χ3v) is 7.39. The van der Waals surface area contributed by atoms with Gasteiger partial charge in [-0.25, -0.2) is 4.98 Å². The maximum atomic E-state index is 13.2. The quantitative estimate of drug-likeness (QED) is 0.433. The molecule has 164 valence electrons. The zero-order valence-electron chi connectivity index (χ0n) is 18.0. The van der Waals surface area contributed by atoms with Gasteiger partial charge in [-0.3, -0.25) is 14.3 Å². The number of aromatic nitrogens is 2. The highest BCUT2D eigenvalue weighted by Gasteiger charge is 2.14. The van der Waals surface area contributed by atoms with Gasteiger partial charge in [0.25, 0.3) is 5.56 Å². The molecule has 0 atom stereocenters. The molecule has 0 amide bonds. The van der Waals surface area contributed by atoms with Crippen molar-refractivity contribution >= 4 is 33.2 Å². The fraction of sp³-hybridized carbons (Fsp3) is 0.280. The van der Waals surface area contributed by atoms with Gasteiger partial charge in [-0.15, -0.1) is 11.3 Å². The molecule has 0 bridgehead atoms. The molecule has 0 spiro atoms. The van der Waals surface area contributed by atoms with E-state index in [9.17, 15) is 4.79 Å². The van der Waals surface area contributed by atoms with E-state index in [1.165, 1.54) is 16.9 Å². The van der Waals surface area contributed by atoms with Crippen LogP contribution in [0.15, 0.2) is 65.7 Å². The number of likely N-dealkylation sites (N-methyl/N-ethyl adjacent to an activating group) is 1. The van der Waals surface area contributed by atoms with E-state index in [-0.39, 0.29) is 5.56 Å². The lowest BCUT2D eigenvalue weighted by molar-refractivity contribution is 0.148. The maximum Gasteiger partial charge on any atom is 0.271 e. The highest BCUT2D eigenvalue weighted by molar-refractivity contribution is 7.22. The van der Waals surface area contributed by atoms with Crippen molar-refractivity contribution in [1.29, 1.82) is 0 Å². The molecule has 0 aliphatic carbocycles. The minimum Gasteiger partial charge on any atom is -0.304 e. The highest BCUT2D eigenvalue weighted by atomic mass is 35.5. The SMILES string of the molecule is CN1CCN(Cc2cccc(Cn3cnc4cc(-c5ccc(Cl)cc5)sc4c3=O)c2)CC1. The third kappa shape index (κ3) is 4.64. The Morgan fingerprint density at radius 3 is 2.44 bits per heavy atom. The standard InChI is InChI=1S/C25H25ClN4OS/c1-28-9-11-29(12-10-28)15-18-3-2-4-19(13-18)16-30-17-27-22-14-23(32-24(22)25(30)31)20-5-7-21(26)8-6-20/h2-8,13-14,17H,9-12,15-16H2,1H3. The number of halogens is 1. The second-order valence-electron chi connectivity index (χ2n) is 8.41. The Morgan fingerprint density at radius 2 is 1.69 bits per heavy atom. The van der Waals surface area contributed by atoms with E-state index in [1.54, 1.807) is 10.9 Å². The van der Waals surface area contributed by atoms with Gasteiger partial charge in [0, 0.05) is 42.6 Å². The first-order valence-corrected chi connectivity index (χ1v) is 12.0. The van der Waals surface area contributed by atoms with Gasteiger partial charge in [-0.2, -0.15) is 0 Å². The second-order valence-corrected chi connectivity index (χ2v) is 9.90. The molecule has 4 aromatic rings. The number of thiophene rings is 1. The normalized spacial score (nSPS) is 15.4. The predicted octanol–water partition coefficient (Wildman–Crippen LogP) is 4.57. The Kier molecular flexibility index (Phi) is 6.11. The van der Waals surface area contributed by atoms with Crippen molar-refractivity contribution in [2.45, 2.75) is 13.1 Å². The van der Waals surface area contributed by atoms with Crippen LogP contribution in [0.1, 0.15) is 11.1 Å². The lowest BCUT2D eigenvalue weighted by Gasteiger charge is -2.32. The topological polar surface area (TPSA) is 41.4 Å². The molecule has 5 nitrogen and oxygen atoms in total. The summed E-state index contributed by atoms with van der Waals surface area (Å²) in [5.74, 6) is 0. The molecule has 5 rings (SSSR count). The Morgan fingerprint density at radius 1 is 0.969 bits per heavy atom. The number of rotatable bonds is 5. The van der Waals surface area contributed by atoms with Gasteiger partial charge in [0.2, 0.25) is 0 Å². The summed E-state index contributed by atoms with van der Waals surface area (Å²) in [4.78, 5) is 23.6. The number of piperazine rings is 1. The molecule has 2 aromatic carbocycles. The molecule has 3 heterocycles. The average molecular weight is 465 g/mol. The van der Waals surface area contributed by atoms with Crippen LogP contribution in [0, 0.1) is 0 Å². The zero-order valence-corrected chi connectivity index (χ0v) is 19.6. The molecular formula is C25H25ClN4OS. The van der Waals surface area contributed by atoms with Crippen LogP contribution < -0.4 is 5.56 Å². The molecule has 0 saturated carbocycles. The van der Waals surface area contributed by atoms with Crippen molar-refractivity contribution in [1.82, 2.24) is 19.4 Å². The summed E-state index contributed by atoms with van der Waals surface area (Å²) in [7, 11) is 2.17. The van der Waals surface area contributed by atoms with E-state index in [4.69, 9.17) is 11.6 Å². The summed E-state index contributed by atoms with van der Waals surface area (Å²) in [6.07, 6.45) is 1.66. The molecule has 32 heavy (non-hydrogen) atoms. The van der Waals surface area contributed by atoms with Gasteiger partial charge in [-0.05, 0) is 41.9 Å². The van der Waals surface area contributed by atoms with Crippen LogP contribution in [0.4, 0.5) is 0 Å². The number of hydrogen-bond donors (Lipinski definition) is 0. The fourth-order valence-electron chi connectivity index (χ4n) is 4.10. The lowest BCUT2D eigenvalue weighted by atomic mass is 10.1. The average Bonchev–Trinajstić information content (AvgIpc) is 3.23. The van der Waals surface area contributed by atoms with Crippen molar-refractivity contribution in [2.24, 2.45) is 0 Å². The molecular weight excluding hydrogens is 440 g/mol.